The fraction of sp³-hybridized carbons (Fsp3) is 0.500. The minimum Gasteiger partial charge on any atom is -0.493 e. The van der Waals surface area contributed by atoms with E-state index in [-0.39, 0.29) is 0 Å². The highest BCUT2D eigenvalue weighted by atomic mass is 79.9. The Labute approximate surface area is 137 Å². The molecule has 0 radical (unpaired) electrons. The van der Waals surface area contributed by atoms with E-state index in [1.807, 2.05) is 18.4 Å². The Kier molecular flexibility index (Phi) is 7.92. The van der Waals surface area contributed by atoms with Gasteiger partial charge >= 0.3 is 5.97 Å². The van der Waals surface area contributed by atoms with Crippen LogP contribution in [-0.2, 0) is 11.3 Å². The van der Waals surface area contributed by atoms with Gasteiger partial charge in [-0.15, -0.1) is 0 Å². The third-order valence-corrected chi connectivity index (χ3v) is 4.07. The van der Waals surface area contributed by atoms with Gasteiger partial charge in [-0.25, -0.2) is 0 Å². The van der Waals surface area contributed by atoms with Crippen molar-refractivity contribution >= 4 is 33.7 Å². The lowest BCUT2D eigenvalue weighted by atomic mass is 10.1. The molecule has 0 heterocycles. The quantitative estimate of drug-likeness (QED) is 0.689. The third-order valence-electron chi connectivity index (χ3n) is 2.97. The fourth-order valence-electron chi connectivity index (χ4n) is 1.92. The van der Waals surface area contributed by atoms with Gasteiger partial charge in [-0.2, -0.15) is 11.8 Å². The second kappa shape index (κ2) is 9.17. The first-order chi connectivity index (χ1) is 10.0. The maximum Gasteiger partial charge on any atom is 0.320 e. The molecule has 1 aromatic rings. The van der Waals surface area contributed by atoms with Crippen molar-refractivity contribution in [1.82, 2.24) is 5.32 Å². The van der Waals surface area contributed by atoms with Gasteiger partial charge in [0.15, 0.2) is 11.5 Å². The van der Waals surface area contributed by atoms with Crippen LogP contribution in [0.3, 0.4) is 0 Å². The molecule has 0 saturated heterocycles. The number of methoxy groups -OCH3 is 2. The van der Waals surface area contributed by atoms with Crippen LogP contribution in [0.1, 0.15) is 12.0 Å². The Balaban J connectivity index is 2.86. The Hall–Kier alpha value is -0.920. The number of hydrogen-bond acceptors (Lipinski definition) is 5. The molecule has 5 nitrogen and oxygen atoms in total. The van der Waals surface area contributed by atoms with Gasteiger partial charge in [-0.05, 0) is 30.6 Å². The van der Waals surface area contributed by atoms with Crippen LogP contribution in [0.5, 0.6) is 11.5 Å². The number of rotatable bonds is 9. The summed E-state index contributed by atoms with van der Waals surface area (Å²) < 4.78 is 11.5. The average Bonchev–Trinajstić information content (AvgIpc) is 2.46. The van der Waals surface area contributed by atoms with Crippen molar-refractivity contribution in [2.45, 2.75) is 19.0 Å². The van der Waals surface area contributed by atoms with Gasteiger partial charge in [-0.3, -0.25) is 4.79 Å². The molecule has 118 valence electrons. The summed E-state index contributed by atoms with van der Waals surface area (Å²) in [5.74, 6) is 1.18. The lowest BCUT2D eigenvalue weighted by molar-refractivity contribution is -0.139. The first kappa shape index (κ1) is 18.1. The number of hydrogen-bond donors (Lipinski definition) is 2. The summed E-state index contributed by atoms with van der Waals surface area (Å²) in [4.78, 5) is 11.2. The Morgan fingerprint density at radius 2 is 2.14 bits per heavy atom. The van der Waals surface area contributed by atoms with Crippen LogP contribution >= 0.6 is 27.7 Å². The van der Waals surface area contributed by atoms with Crippen LogP contribution in [0.2, 0.25) is 0 Å². The monoisotopic (exact) mass is 377 g/mol. The molecule has 0 amide bonds. The zero-order chi connectivity index (χ0) is 15.8. The number of nitrogens with one attached hydrogen (secondary N) is 1. The largest absolute Gasteiger partial charge is 0.493 e. The van der Waals surface area contributed by atoms with Crippen molar-refractivity contribution in [3.63, 3.8) is 0 Å². The second-order valence-electron chi connectivity index (χ2n) is 4.35. The van der Waals surface area contributed by atoms with Gasteiger partial charge in [0, 0.05) is 16.6 Å². The molecule has 0 fully saturated rings. The van der Waals surface area contributed by atoms with E-state index in [4.69, 9.17) is 9.47 Å². The topological polar surface area (TPSA) is 67.8 Å². The zero-order valence-electron chi connectivity index (χ0n) is 12.3. The summed E-state index contributed by atoms with van der Waals surface area (Å²) in [6.07, 6.45) is 2.53. The number of carboxylic acid groups (broad SMARTS) is 1. The summed E-state index contributed by atoms with van der Waals surface area (Å²) in [6.45, 7) is 0.393. The van der Waals surface area contributed by atoms with Crippen LogP contribution in [-0.4, -0.2) is 43.3 Å². The number of halogens is 1. The van der Waals surface area contributed by atoms with E-state index in [9.17, 15) is 9.90 Å². The first-order valence-corrected chi connectivity index (χ1v) is 8.57. The molecule has 2 N–H and O–H groups in total. The molecule has 1 rings (SSSR count). The SMILES string of the molecule is COc1cc(Br)cc(CNC(CCSC)C(=O)O)c1OC. The van der Waals surface area contributed by atoms with E-state index in [1.54, 1.807) is 26.0 Å². The van der Waals surface area contributed by atoms with E-state index < -0.39 is 12.0 Å². The molecule has 0 spiro atoms. The lowest BCUT2D eigenvalue weighted by Crippen LogP contribution is -2.36. The number of ether oxygens (including phenoxy) is 2. The second-order valence-corrected chi connectivity index (χ2v) is 6.25. The van der Waals surface area contributed by atoms with Crippen molar-refractivity contribution in [2.24, 2.45) is 0 Å². The Bertz CT molecular complexity index is 484. The van der Waals surface area contributed by atoms with Gasteiger partial charge in [0.25, 0.3) is 0 Å². The first-order valence-electron chi connectivity index (χ1n) is 6.39. The predicted molar refractivity (Wildman–Crippen MR) is 88.5 cm³/mol. The van der Waals surface area contributed by atoms with Crippen LogP contribution in [0.15, 0.2) is 16.6 Å². The smallest absolute Gasteiger partial charge is 0.320 e. The molecular formula is C14H20BrNO4S. The molecule has 1 aromatic carbocycles. The highest BCUT2D eigenvalue weighted by molar-refractivity contribution is 9.10. The number of carboxylic acids is 1. The molecule has 0 aliphatic heterocycles. The van der Waals surface area contributed by atoms with Crippen molar-refractivity contribution in [1.29, 1.82) is 0 Å². The maximum atomic E-state index is 11.2. The van der Waals surface area contributed by atoms with Gasteiger partial charge in [0.1, 0.15) is 6.04 Å². The Morgan fingerprint density at radius 3 is 2.67 bits per heavy atom. The molecule has 0 bridgehead atoms. The summed E-state index contributed by atoms with van der Waals surface area (Å²) in [6, 6.07) is 3.12. The molecular weight excluding hydrogens is 358 g/mol. The average molecular weight is 378 g/mol. The molecule has 0 saturated carbocycles. The molecule has 7 heteroatoms. The van der Waals surface area contributed by atoms with Crippen LogP contribution in [0.25, 0.3) is 0 Å². The minimum atomic E-state index is -0.843. The lowest BCUT2D eigenvalue weighted by Gasteiger charge is -2.17. The number of benzene rings is 1. The van der Waals surface area contributed by atoms with Gasteiger partial charge in [0.2, 0.25) is 0 Å². The van der Waals surface area contributed by atoms with E-state index in [2.05, 4.69) is 21.2 Å². The van der Waals surface area contributed by atoms with Crippen LogP contribution in [0, 0.1) is 0 Å². The van der Waals surface area contributed by atoms with Crippen LogP contribution in [0.4, 0.5) is 0 Å². The normalized spacial score (nSPS) is 12.0. The van der Waals surface area contributed by atoms with E-state index in [0.29, 0.717) is 24.5 Å². The highest BCUT2D eigenvalue weighted by Crippen LogP contribution is 2.34. The molecule has 0 aromatic heterocycles. The predicted octanol–water partition coefficient (Wildman–Crippen LogP) is 2.76. The zero-order valence-corrected chi connectivity index (χ0v) is 14.7. The summed E-state index contributed by atoms with van der Waals surface area (Å²) in [7, 11) is 3.14. The summed E-state index contributed by atoms with van der Waals surface area (Å²) >= 11 is 5.04. The molecule has 0 aliphatic carbocycles. The highest BCUT2D eigenvalue weighted by Gasteiger charge is 2.18. The van der Waals surface area contributed by atoms with Gasteiger partial charge in [0.05, 0.1) is 14.2 Å². The number of aliphatic carboxylic acids is 1. The van der Waals surface area contributed by atoms with E-state index >= 15 is 0 Å². The number of thioether (sulfide) groups is 1. The Morgan fingerprint density at radius 1 is 1.43 bits per heavy atom. The van der Waals surface area contributed by atoms with Gasteiger partial charge in [-0.1, -0.05) is 15.9 Å². The van der Waals surface area contributed by atoms with Crippen molar-refractivity contribution in [2.75, 3.05) is 26.2 Å². The van der Waals surface area contributed by atoms with E-state index in [0.717, 1.165) is 15.8 Å². The summed E-state index contributed by atoms with van der Waals surface area (Å²) in [5, 5.41) is 12.3. The number of carbonyl (C=O) groups is 1. The summed E-state index contributed by atoms with van der Waals surface area (Å²) in [5.41, 5.74) is 0.846. The van der Waals surface area contributed by atoms with Crippen LogP contribution < -0.4 is 14.8 Å². The van der Waals surface area contributed by atoms with Crippen molar-refractivity contribution < 1.29 is 19.4 Å². The van der Waals surface area contributed by atoms with E-state index in [1.165, 1.54) is 0 Å². The standard InChI is InChI=1S/C14H20BrNO4S/c1-19-12-7-10(15)6-9(13(12)20-2)8-16-11(14(17)18)4-5-21-3/h6-7,11,16H,4-5,8H2,1-3H3,(H,17,18). The minimum absolute atomic E-state index is 0.393. The third kappa shape index (κ3) is 5.41. The van der Waals surface area contributed by atoms with Crippen molar-refractivity contribution in [3.8, 4) is 11.5 Å². The van der Waals surface area contributed by atoms with Gasteiger partial charge < -0.3 is 19.9 Å². The molecule has 0 aliphatic rings. The molecule has 1 unspecified atom stereocenters. The molecule has 21 heavy (non-hydrogen) atoms. The molecule has 1 atom stereocenters. The van der Waals surface area contributed by atoms with Crippen molar-refractivity contribution in [3.05, 3.63) is 22.2 Å². The maximum absolute atomic E-state index is 11.2. The fourth-order valence-corrected chi connectivity index (χ4v) is 2.87.